The van der Waals surface area contributed by atoms with Crippen molar-refractivity contribution in [3.05, 3.63) is 53.2 Å². The summed E-state index contributed by atoms with van der Waals surface area (Å²) in [5.41, 5.74) is 2.21. The van der Waals surface area contributed by atoms with E-state index in [0.29, 0.717) is 24.6 Å². The van der Waals surface area contributed by atoms with E-state index in [0.717, 1.165) is 10.2 Å². The molecule has 0 aliphatic carbocycles. The lowest BCUT2D eigenvalue weighted by atomic mass is 10.2. The van der Waals surface area contributed by atoms with Gasteiger partial charge in [-0.2, -0.15) is 4.99 Å². The number of allylic oxidation sites excluding steroid dienone is 1. The summed E-state index contributed by atoms with van der Waals surface area (Å²) >= 11 is 1.47. The summed E-state index contributed by atoms with van der Waals surface area (Å²) in [4.78, 5) is 17.0. The number of aryl methyl sites for hydroxylation is 1. The number of thiazole rings is 1. The third-order valence-corrected chi connectivity index (χ3v) is 4.25. The summed E-state index contributed by atoms with van der Waals surface area (Å²) in [6.45, 7) is 7.22. The van der Waals surface area contributed by atoms with Crippen molar-refractivity contribution in [2.75, 3.05) is 13.2 Å². The lowest BCUT2D eigenvalue weighted by Gasteiger charge is -2.12. The number of fused-ring (bicyclic) bond motifs is 1. The van der Waals surface area contributed by atoms with Gasteiger partial charge in [0.1, 0.15) is 19.5 Å². The first-order valence-electron chi connectivity index (χ1n) is 6.93. The van der Waals surface area contributed by atoms with E-state index < -0.39 is 5.91 Å². The molecule has 2 aromatic rings. The van der Waals surface area contributed by atoms with Crippen molar-refractivity contribution in [3.8, 4) is 0 Å². The van der Waals surface area contributed by atoms with Crippen LogP contribution in [-0.2, 0) is 20.8 Å². The molecule has 5 nitrogen and oxygen atoms in total. The van der Waals surface area contributed by atoms with Gasteiger partial charge >= 0.3 is 5.91 Å². The Hall–Kier alpha value is -2.34. The molecule has 2 heterocycles. The molecule has 22 heavy (non-hydrogen) atoms. The molecule has 1 aliphatic heterocycles. The van der Waals surface area contributed by atoms with Crippen molar-refractivity contribution in [1.29, 1.82) is 0 Å². The predicted octanol–water partition coefficient (Wildman–Crippen LogP) is 2.51. The van der Waals surface area contributed by atoms with E-state index >= 15 is 0 Å². The van der Waals surface area contributed by atoms with Crippen LogP contribution in [0.3, 0.4) is 0 Å². The quantitative estimate of drug-likeness (QED) is 0.818. The summed E-state index contributed by atoms with van der Waals surface area (Å²) in [5, 5.41) is 0. The molecule has 0 unspecified atom stereocenters. The van der Waals surface area contributed by atoms with Gasteiger partial charge in [-0.15, -0.1) is 6.58 Å². The fourth-order valence-electron chi connectivity index (χ4n) is 2.19. The van der Waals surface area contributed by atoms with Gasteiger partial charge in [-0.25, -0.2) is 0 Å². The Morgan fingerprint density at radius 3 is 3.09 bits per heavy atom. The molecule has 1 amide bonds. The average molecular weight is 316 g/mol. The van der Waals surface area contributed by atoms with Crippen LogP contribution in [0.1, 0.15) is 5.56 Å². The molecule has 0 saturated heterocycles. The Bertz CT molecular complexity index is 830. The van der Waals surface area contributed by atoms with E-state index in [1.807, 2.05) is 23.6 Å². The summed E-state index contributed by atoms with van der Waals surface area (Å²) in [7, 11) is 0. The van der Waals surface area contributed by atoms with E-state index in [1.165, 1.54) is 23.2 Å². The minimum absolute atomic E-state index is 0.144. The highest BCUT2D eigenvalue weighted by atomic mass is 32.1. The number of rotatable bonds is 3. The lowest BCUT2D eigenvalue weighted by molar-refractivity contribution is -0.119. The zero-order valence-electron chi connectivity index (χ0n) is 12.2. The number of aromatic nitrogens is 1. The van der Waals surface area contributed by atoms with Gasteiger partial charge in [0.25, 0.3) is 0 Å². The van der Waals surface area contributed by atoms with Crippen molar-refractivity contribution in [2.45, 2.75) is 13.5 Å². The second-order valence-corrected chi connectivity index (χ2v) is 5.88. The highest BCUT2D eigenvalue weighted by molar-refractivity contribution is 7.16. The molecule has 1 aliphatic rings. The van der Waals surface area contributed by atoms with Crippen LogP contribution in [0.5, 0.6) is 0 Å². The molecular weight excluding hydrogens is 300 g/mol. The number of carbonyl (C=O) groups is 1. The van der Waals surface area contributed by atoms with E-state index in [4.69, 9.17) is 9.47 Å². The third-order valence-electron chi connectivity index (χ3n) is 3.21. The number of carbonyl (C=O) groups excluding carboxylic acids is 1. The van der Waals surface area contributed by atoms with E-state index in [2.05, 4.69) is 17.6 Å². The number of amides is 1. The van der Waals surface area contributed by atoms with Crippen molar-refractivity contribution in [3.63, 3.8) is 0 Å². The fourth-order valence-corrected chi connectivity index (χ4v) is 3.33. The fraction of sp³-hybridized carbons (Fsp3) is 0.250. The molecule has 0 radical (unpaired) electrons. The van der Waals surface area contributed by atoms with Crippen molar-refractivity contribution in [2.24, 2.45) is 4.99 Å². The monoisotopic (exact) mass is 316 g/mol. The maximum atomic E-state index is 12.2. The minimum Gasteiger partial charge on any atom is -0.494 e. The van der Waals surface area contributed by atoms with Crippen LogP contribution in [0.2, 0.25) is 0 Å². The molecule has 0 spiro atoms. The first-order valence-corrected chi connectivity index (χ1v) is 7.75. The molecule has 1 aromatic heterocycles. The number of benzene rings is 1. The Morgan fingerprint density at radius 1 is 1.50 bits per heavy atom. The first-order chi connectivity index (χ1) is 10.7. The highest BCUT2D eigenvalue weighted by Crippen LogP contribution is 2.19. The molecule has 6 heteroatoms. The van der Waals surface area contributed by atoms with Gasteiger partial charge in [0, 0.05) is 6.54 Å². The average Bonchev–Trinajstić information content (AvgIpc) is 2.85. The summed E-state index contributed by atoms with van der Waals surface area (Å²) < 4.78 is 13.4. The Kier molecular flexibility index (Phi) is 4.11. The van der Waals surface area contributed by atoms with Gasteiger partial charge < -0.3 is 14.0 Å². The molecular formula is C16H16N2O3S. The van der Waals surface area contributed by atoms with Gasteiger partial charge in [0.05, 0.1) is 10.2 Å². The van der Waals surface area contributed by atoms with Crippen molar-refractivity contribution < 1.29 is 14.3 Å². The number of hydrogen-bond donors (Lipinski definition) is 0. The maximum Gasteiger partial charge on any atom is 0.317 e. The first kappa shape index (κ1) is 14.6. The number of ether oxygens (including phenoxy) is 2. The van der Waals surface area contributed by atoms with Gasteiger partial charge in [-0.3, -0.25) is 4.79 Å². The Balaban J connectivity index is 2.10. The Morgan fingerprint density at radius 2 is 2.36 bits per heavy atom. The molecule has 1 aromatic carbocycles. The maximum absolute atomic E-state index is 12.2. The zero-order valence-corrected chi connectivity index (χ0v) is 13.1. The van der Waals surface area contributed by atoms with Gasteiger partial charge in [-0.1, -0.05) is 23.5 Å². The zero-order chi connectivity index (χ0) is 15.5. The van der Waals surface area contributed by atoms with Gasteiger partial charge in [-0.05, 0) is 24.6 Å². The standard InChI is InChI=1S/C16H16N2O3S/c1-3-6-18-12-5-4-11(2)9-14(12)22-16(18)17-15(19)13-10-20-7-8-21-13/h3-5,9-10H,1,6-8H2,2H3. The van der Waals surface area contributed by atoms with Crippen LogP contribution in [0.4, 0.5) is 0 Å². The molecule has 0 atom stereocenters. The van der Waals surface area contributed by atoms with Crippen LogP contribution in [0, 0.1) is 6.92 Å². The topological polar surface area (TPSA) is 52.8 Å². The minimum atomic E-state index is -0.430. The van der Waals surface area contributed by atoms with E-state index in [-0.39, 0.29) is 5.76 Å². The second kappa shape index (κ2) is 6.19. The van der Waals surface area contributed by atoms with Gasteiger partial charge in [0.15, 0.2) is 4.80 Å². The van der Waals surface area contributed by atoms with Crippen molar-refractivity contribution >= 4 is 27.5 Å². The van der Waals surface area contributed by atoms with Crippen LogP contribution >= 0.6 is 11.3 Å². The number of nitrogens with zero attached hydrogens (tertiary/aromatic N) is 2. The lowest BCUT2D eigenvalue weighted by Crippen LogP contribution is -2.19. The van der Waals surface area contributed by atoms with Crippen LogP contribution < -0.4 is 4.80 Å². The normalized spacial score (nSPS) is 15.1. The van der Waals surface area contributed by atoms with Crippen LogP contribution in [0.15, 0.2) is 47.9 Å². The summed E-state index contributed by atoms with van der Waals surface area (Å²) in [6, 6.07) is 6.16. The predicted molar refractivity (Wildman–Crippen MR) is 85.3 cm³/mol. The third kappa shape index (κ3) is 2.82. The molecule has 3 rings (SSSR count). The van der Waals surface area contributed by atoms with Crippen LogP contribution in [0.25, 0.3) is 10.2 Å². The molecule has 0 fully saturated rings. The largest absolute Gasteiger partial charge is 0.494 e. The molecule has 0 N–H and O–H groups in total. The van der Waals surface area contributed by atoms with Crippen molar-refractivity contribution in [1.82, 2.24) is 4.57 Å². The molecule has 0 saturated carbocycles. The SMILES string of the molecule is C=CCn1c(=NC(=O)C2=COCCO2)sc2cc(C)ccc21. The summed E-state index contributed by atoms with van der Waals surface area (Å²) in [6.07, 6.45) is 3.11. The highest BCUT2D eigenvalue weighted by Gasteiger charge is 2.15. The van der Waals surface area contributed by atoms with Crippen LogP contribution in [-0.4, -0.2) is 23.7 Å². The second-order valence-electron chi connectivity index (χ2n) is 4.87. The molecule has 0 bridgehead atoms. The Labute approximate surface area is 131 Å². The molecule has 114 valence electrons. The summed E-state index contributed by atoms with van der Waals surface area (Å²) in [5.74, 6) is -0.286. The smallest absolute Gasteiger partial charge is 0.317 e. The van der Waals surface area contributed by atoms with Gasteiger partial charge in [0.2, 0.25) is 5.76 Å². The van der Waals surface area contributed by atoms with E-state index in [9.17, 15) is 4.79 Å². The number of hydrogen-bond acceptors (Lipinski definition) is 4. The van der Waals surface area contributed by atoms with E-state index in [1.54, 1.807) is 6.08 Å².